The highest BCUT2D eigenvalue weighted by Gasteiger charge is 2.52. The minimum atomic E-state index is -1.23. The number of esters is 1. The summed E-state index contributed by atoms with van der Waals surface area (Å²) in [4.78, 5) is 53.3. The number of anilines is 1. The van der Waals surface area contributed by atoms with E-state index in [1.54, 1.807) is 67.6 Å². The summed E-state index contributed by atoms with van der Waals surface area (Å²) in [5, 5.41) is 0. The molecule has 3 aromatic carbocycles. The molecular weight excluding hydrogens is 514 g/mol. The molecule has 178 valence electrons. The zero-order chi connectivity index (χ0) is 25.1. The van der Waals surface area contributed by atoms with Gasteiger partial charge in [-0.3, -0.25) is 19.3 Å². The van der Waals surface area contributed by atoms with Crippen LogP contribution < -0.4 is 9.64 Å². The Labute approximate surface area is 210 Å². The highest BCUT2D eigenvalue weighted by atomic mass is 79.9. The van der Waals surface area contributed by atoms with Crippen LogP contribution in [0.5, 0.6) is 5.75 Å². The zero-order valence-corrected chi connectivity index (χ0v) is 20.7. The van der Waals surface area contributed by atoms with E-state index < -0.39 is 35.4 Å². The SMILES string of the molecule is CCOC(=O)c1ccc(N2C(=O)C(=O)C(C(=O)c3ccc(OC)cc3)C2c2ccc(Br)cc2)cc1. The molecule has 1 fully saturated rings. The summed E-state index contributed by atoms with van der Waals surface area (Å²) >= 11 is 3.40. The van der Waals surface area contributed by atoms with Crippen molar-refractivity contribution in [1.82, 2.24) is 0 Å². The van der Waals surface area contributed by atoms with Gasteiger partial charge >= 0.3 is 5.97 Å². The lowest BCUT2D eigenvalue weighted by Gasteiger charge is -2.27. The predicted octanol–water partition coefficient (Wildman–Crippen LogP) is 4.79. The number of methoxy groups -OCH3 is 1. The molecule has 0 aromatic heterocycles. The van der Waals surface area contributed by atoms with Crippen molar-refractivity contribution >= 4 is 45.1 Å². The smallest absolute Gasteiger partial charge is 0.338 e. The van der Waals surface area contributed by atoms with Crippen molar-refractivity contribution in [3.05, 3.63) is 94.0 Å². The molecule has 8 heteroatoms. The van der Waals surface area contributed by atoms with Gasteiger partial charge < -0.3 is 9.47 Å². The summed E-state index contributed by atoms with van der Waals surface area (Å²) < 4.78 is 11.0. The summed E-state index contributed by atoms with van der Waals surface area (Å²) in [5.74, 6) is -3.17. The Bertz CT molecular complexity index is 1270. The third-order valence-corrected chi connectivity index (χ3v) is 6.36. The third kappa shape index (κ3) is 4.74. The van der Waals surface area contributed by atoms with E-state index in [0.717, 1.165) is 4.47 Å². The van der Waals surface area contributed by atoms with Crippen molar-refractivity contribution in [1.29, 1.82) is 0 Å². The minimum absolute atomic E-state index is 0.237. The second-order valence-corrected chi connectivity index (χ2v) is 8.79. The highest BCUT2D eigenvalue weighted by Crippen LogP contribution is 2.41. The number of nitrogens with zero attached hydrogens (tertiary/aromatic N) is 1. The van der Waals surface area contributed by atoms with Crippen molar-refractivity contribution in [2.45, 2.75) is 13.0 Å². The van der Waals surface area contributed by atoms with E-state index in [9.17, 15) is 19.2 Å². The molecule has 0 aliphatic carbocycles. The van der Waals surface area contributed by atoms with Crippen molar-refractivity contribution in [3.8, 4) is 5.75 Å². The van der Waals surface area contributed by atoms with Gasteiger partial charge in [0.2, 0.25) is 5.78 Å². The number of carbonyl (C=O) groups excluding carboxylic acids is 4. The van der Waals surface area contributed by atoms with Crippen LogP contribution in [0.1, 0.15) is 39.2 Å². The van der Waals surface area contributed by atoms with Crippen LogP contribution in [0, 0.1) is 5.92 Å². The van der Waals surface area contributed by atoms with Gasteiger partial charge in [-0.25, -0.2) is 4.79 Å². The number of ketones is 2. The summed E-state index contributed by atoms with van der Waals surface area (Å²) in [7, 11) is 1.52. The number of hydrogen-bond donors (Lipinski definition) is 0. The Morgan fingerprint density at radius 1 is 0.886 bits per heavy atom. The molecule has 3 aromatic rings. The molecule has 1 aliphatic heterocycles. The van der Waals surface area contributed by atoms with Gasteiger partial charge in [-0.2, -0.15) is 0 Å². The number of ether oxygens (including phenoxy) is 2. The van der Waals surface area contributed by atoms with Gasteiger partial charge in [0, 0.05) is 15.7 Å². The molecule has 2 atom stereocenters. The summed E-state index contributed by atoms with van der Waals surface area (Å²) in [6, 6.07) is 18.9. The van der Waals surface area contributed by atoms with Crippen LogP contribution in [-0.2, 0) is 14.3 Å². The first-order valence-corrected chi connectivity index (χ1v) is 11.7. The Morgan fingerprint density at radius 2 is 1.49 bits per heavy atom. The fraction of sp³-hybridized carbons (Fsp3) is 0.185. The number of amides is 1. The van der Waals surface area contributed by atoms with E-state index >= 15 is 0 Å². The lowest BCUT2D eigenvalue weighted by molar-refractivity contribution is -0.135. The zero-order valence-electron chi connectivity index (χ0n) is 19.1. The topological polar surface area (TPSA) is 90.0 Å². The molecule has 0 radical (unpaired) electrons. The van der Waals surface area contributed by atoms with Gasteiger partial charge in [0.05, 0.1) is 25.3 Å². The lowest BCUT2D eigenvalue weighted by Crippen LogP contribution is -2.30. The number of halogens is 1. The normalized spacial score (nSPS) is 17.4. The average Bonchev–Trinajstić information content (AvgIpc) is 3.14. The Kier molecular flexibility index (Phi) is 7.12. The number of rotatable bonds is 7. The van der Waals surface area contributed by atoms with Crippen molar-refractivity contribution in [2.24, 2.45) is 5.92 Å². The number of Topliss-reactive ketones (excluding diaryl/α,β-unsaturated/α-hetero) is 2. The Hall–Kier alpha value is -3.78. The molecule has 2 unspecified atom stereocenters. The number of hydrogen-bond acceptors (Lipinski definition) is 6. The van der Waals surface area contributed by atoms with Crippen LogP contribution in [0.15, 0.2) is 77.3 Å². The molecule has 1 saturated heterocycles. The van der Waals surface area contributed by atoms with Gasteiger partial charge in [0.15, 0.2) is 5.78 Å². The number of benzene rings is 3. The number of carbonyl (C=O) groups is 4. The molecular formula is C27H22BrNO6. The minimum Gasteiger partial charge on any atom is -0.497 e. The Balaban J connectivity index is 1.77. The van der Waals surface area contributed by atoms with Gasteiger partial charge in [0.25, 0.3) is 5.91 Å². The van der Waals surface area contributed by atoms with Crippen LogP contribution in [0.3, 0.4) is 0 Å². The molecule has 1 amide bonds. The monoisotopic (exact) mass is 535 g/mol. The molecule has 7 nitrogen and oxygen atoms in total. The van der Waals surface area contributed by atoms with Crippen LogP contribution in [-0.4, -0.2) is 37.2 Å². The molecule has 1 heterocycles. The lowest BCUT2D eigenvalue weighted by atomic mass is 9.86. The second kappa shape index (κ2) is 10.2. The fourth-order valence-electron chi connectivity index (χ4n) is 4.12. The van der Waals surface area contributed by atoms with Crippen molar-refractivity contribution < 1.29 is 28.7 Å². The molecule has 4 rings (SSSR count). The van der Waals surface area contributed by atoms with Gasteiger partial charge in [-0.15, -0.1) is 0 Å². The second-order valence-electron chi connectivity index (χ2n) is 7.87. The maximum absolute atomic E-state index is 13.5. The first-order chi connectivity index (χ1) is 16.8. The van der Waals surface area contributed by atoms with E-state index in [0.29, 0.717) is 28.1 Å². The largest absolute Gasteiger partial charge is 0.497 e. The maximum Gasteiger partial charge on any atom is 0.338 e. The van der Waals surface area contributed by atoms with Gasteiger partial charge in [-0.1, -0.05) is 28.1 Å². The van der Waals surface area contributed by atoms with E-state index in [2.05, 4.69) is 15.9 Å². The Morgan fingerprint density at radius 3 is 2.06 bits per heavy atom. The molecule has 0 N–H and O–H groups in total. The molecule has 1 aliphatic rings. The molecule has 35 heavy (non-hydrogen) atoms. The van der Waals surface area contributed by atoms with E-state index in [4.69, 9.17) is 9.47 Å². The van der Waals surface area contributed by atoms with E-state index in [1.165, 1.54) is 24.1 Å². The third-order valence-electron chi connectivity index (χ3n) is 5.83. The summed E-state index contributed by atoms with van der Waals surface area (Å²) in [6.45, 7) is 1.95. The summed E-state index contributed by atoms with van der Waals surface area (Å²) in [6.07, 6.45) is 0. The van der Waals surface area contributed by atoms with E-state index in [-0.39, 0.29) is 6.61 Å². The predicted molar refractivity (Wildman–Crippen MR) is 133 cm³/mol. The quantitative estimate of drug-likeness (QED) is 0.187. The van der Waals surface area contributed by atoms with Gasteiger partial charge in [0.1, 0.15) is 11.7 Å². The maximum atomic E-state index is 13.5. The van der Waals surface area contributed by atoms with Crippen LogP contribution in [0.25, 0.3) is 0 Å². The summed E-state index contributed by atoms with van der Waals surface area (Å²) in [5.41, 5.74) is 1.65. The molecule has 0 bridgehead atoms. The van der Waals surface area contributed by atoms with Crippen molar-refractivity contribution in [2.75, 3.05) is 18.6 Å². The van der Waals surface area contributed by atoms with Crippen molar-refractivity contribution in [3.63, 3.8) is 0 Å². The first-order valence-electron chi connectivity index (χ1n) is 10.9. The molecule has 0 saturated carbocycles. The molecule has 0 spiro atoms. The highest BCUT2D eigenvalue weighted by molar-refractivity contribution is 9.10. The van der Waals surface area contributed by atoms with Gasteiger partial charge in [-0.05, 0) is 73.2 Å². The van der Waals surface area contributed by atoms with E-state index in [1.807, 2.05) is 0 Å². The first kappa shape index (κ1) is 24.3. The fourth-order valence-corrected chi connectivity index (χ4v) is 4.38. The van der Waals surface area contributed by atoms with Crippen LogP contribution >= 0.6 is 15.9 Å². The van der Waals surface area contributed by atoms with Crippen LogP contribution in [0.2, 0.25) is 0 Å². The van der Waals surface area contributed by atoms with Crippen LogP contribution in [0.4, 0.5) is 5.69 Å². The average molecular weight is 536 g/mol. The standard InChI is InChI=1S/C27H22BrNO6/c1-3-35-27(33)18-6-12-20(13-7-18)29-23(16-4-10-19(28)11-5-16)22(25(31)26(29)32)24(30)17-8-14-21(34-2)15-9-17/h4-15,22-23H,3H2,1-2H3.